The highest BCUT2D eigenvalue weighted by Crippen LogP contribution is 2.29. The molecule has 0 aliphatic rings. The van der Waals surface area contributed by atoms with Crippen molar-refractivity contribution in [2.75, 3.05) is 7.11 Å². The van der Waals surface area contributed by atoms with Crippen LogP contribution in [0.3, 0.4) is 0 Å². The van der Waals surface area contributed by atoms with Gasteiger partial charge in [0.15, 0.2) is 11.7 Å². The molecular formula is C23H22N4O3S. The molecule has 4 rings (SSSR count). The van der Waals surface area contributed by atoms with Crippen molar-refractivity contribution in [2.24, 2.45) is 0 Å². The molecule has 0 radical (unpaired) electrons. The Kier molecular flexibility index (Phi) is 5.81. The molecule has 8 heteroatoms. The molecule has 1 amide bonds. The van der Waals surface area contributed by atoms with E-state index in [1.807, 2.05) is 49.6 Å². The van der Waals surface area contributed by atoms with Crippen molar-refractivity contribution in [3.05, 3.63) is 71.2 Å². The third kappa shape index (κ3) is 4.06. The van der Waals surface area contributed by atoms with Gasteiger partial charge in [-0.1, -0.05) is 36.4 Å². The van der Waals surface area contributed by atoms with Crippen LogP contribution in [0.25, 0.3) is 21.6 Å². The zero-order valence-corrected chi connectivity index (χ0v) is 18.2. The van der Waals surface area contributed by atoms with Gasteiger partial charge in [-0.25, -0.2) is 14.5 Å². The second kappa shape index (κ2) is 8.69. The number of hydrogen-bond acceptors (Lipinski definition) is 6. The summed E-state index contributed by atoms with van der Waals surface area (Å²) in [6.07, 6.45) is 1.64. The minimum Gasteiger partial charge on any atom is -0.467 e. The number of pyridine rings is 1. The molecule has 1 N–H and O–H groups in total. The molecule has 0 fully saturated rings. The Morgan fingerprint density at radius 1 is 1.13 bits per heavy atom. The number of thiophene rings is 1. The minimum atomic E-state index is -0.924. The van der Waals surface area contributed by atoms with E-state index in [0.717, 1.165) is 4.88 Å². The summed E-state index contributed by atoms with van der Waals surface area (Å²) in [5, 5.41) is 9.85. The van der Waals surface area contributed by atoms with Gasteiger partial charge in [-0.2, -0.15) is 5.10 Å². The fourth-order valence-electron chi connectivity index (χ4n) is 3.38. The highest BCUT2D eigenvalue weighted by atomic mass is 32.1. The maximum atomic E-state index is 13.4. The topological polar surface area (TPSA) is 86.1 Å². The van der Waals surface area contributed by atoms with Gasteiger partial charge in [0.25, 0.3) is 5.91 Å². The summed E-state index contributed by atoms with van der Waals surface area (Å²) in [5.41, 5.74) is 2.36. The third-order valence-electron chi connectivity index (χ3n) is 4.92. The first-order valence-electron chi connectivity index (χ1n) is 9.85. The maximum Gasteiger partial charge on any atom is 0.333 e. The fraction of sp³-hybridized carbons (Fsp3) is 0.217. The quantitative estimate of drug-likeness (QED) is 0.455. The molecule has 0 saturated heterocycles. The summed E-state index contributed by atoms with van der Waals surface area (Å²) >= 11 is 1.54. The molecule has 1 unspecified atom stereocenters. The highest BCUT2D eigenvalue weighted by Gasteiger charge is 2.26. The van der Waals surface area contributed by atoms with Gasteiger partial charge in [-0.15, -0.1) is 11.3 Å². The van der Waals surface area contributed by atoms with Crippen molar-refractivity contribution < 1.29 is 14.3 Å². The molecule has 3 heterocycles. The first-order valence-corrected chi connectivity index (χ1v) is 10.7. The summed E-state index contributed by atoms with van der Waals surface area (Å²) in [5.74, 6) is -0.936. The monoisotopic (exact) mass is 434 g/mol. The smallest absolute Gasteiger partial charge is 0.333 e. The first-order chi connectivity index (χ1) is 15.0. The van der Waals surface area contributed by atoms with E-state index < -0.39 is 17.9 Å². The van der Waals surface area contributed by atoms with Gasteiger partial charge in [0.2, 0.25) is 0 Å². The number of rotatable bonds is 6. The summed E-state index contributed by atoms with van der Waals surface area (Å²) in [6.45, 7) is 4.02. The summed E-state index contributed by atoms with van der Waals surface area (Å²) in [6, 6.07) is 13.8. The van der Waals surface area contributed by atoms with E-state index in [1.54, 1.807) is 40.4 Å². The molecule has 1 aromatic carbocycles. The molecule has 3 aromatic heterocycles. The van der Waals surface area contributed by atoms with Crippen molar-refractivity contribution in [1.82, 2.24) is 20.1 Å². The molecule has 7 nitrogen and oxygen atoms in total. The second-order valence-corrected chi connectivity index (χ2v) is 8.24. The number of amides is 1. The number of aromatic nitrogens is 3. The van der Waals surface area contributed by atoms with Crippen LogP contribution < -0.4 is 5.32 Å². The first kappa shape index (κ1) is 20.7. The number of methoxy groups -OCH3 is 1. The van der Waals surface area contributed by atoms with Crippen molar-refractivity contribution in [3.63, 3.8) is 0 Å². The Hall–Kier alpha value is -3.52. The maximum absolute atomic E-state index is 13.4. The lowest BCUT2D eigenvalue weighted by Crippen LogP contribution is -2.34. The van der Waals surface area contributed by atoms with Crippen LogP contribution >= 0.6 is 11.3 Å². The zero-order valence-electron chi connectivity index (χ0n) is 17.4. The van der Waals surface area contributed by atoms with E-state index in [1.165, 1.54) is 7.11 Å². The number of fused-ring (bicyclic) bond motifs is 1. The van der Waals surface area contributed by atoms with Gasteiger partial charge in [0.1, 0.15) is 0 Å². The summed E-state index contributed by atoms with van der Waals surface area (Å²) in [4.78, 5) is 31.5. The summed E-state index contributed by atoms with van der Waals surface area (Å²) in [7, 11) is 1.30. The predicted molar refractivity (Wildman–Crippen MR) is 120 cm³/mol. The number of esters is 1. The standard InChI is InChI=1S/C23H22N4O3S/c1-14(2)27-21-17(13-24-27)16(12-18(25-21)19-10-7-11-31-19)22(28)26-20(23(29)30-3)15-8-5-4-6-9-15/h4-14,20H,1-3H3,(H,26,28). The molecule has 0 spiro atoms. The lowest BCUT2D eigenvalue weighted by atomic mass is 10.1. The number of hydrogen-bond donors (Lipinski definition) is 1. The van der Waals surface area contributed by atoms with Crippen LogP contribution in [0.4, 0.5) is 0 Å². The largest absolute Gasteiger partial charge is 0.467 e. The predicted octanol–water partition coefficient (Wildman–Crippen LogP) is 4.38. The van der Waals surface area contributed by atoms with E-state index in [0.29, 0.717) is 27.9 Å². The Bertz CT molecular complexity index is 1220. The molecule has 0 saturated carbocycles. The molecule has 4 aromatic rings. The van der Waals surface area contributed by atoms with Crippen molar-refractivity contribution in [1.29, 1.82) is 0 Å². The van der Waals surface area contributed by atoms with Crippen LogP contribution in [0.2, 0.25) is 0 Å². The van der Waals surface area contributed by atoms with Gasteiger partial charge in [0.05, 0.1) is 34.8 Å². The van der Waals surface area contributed by atoms with Gasteiger partial charge in [-0.05, 0) is 36.9 Å². The molecule has 1 atom stereocenters. The number of nitrogens with one attached hydrogen (secondary N) is 1. The van der Waals surface area contributed by atoms with Gasteiger partial charge < -0.3 is 10.1 Å². The molecular weight excluding hydrogens is 412 g/mol. The van der Waals surface area contributed by atoms with Gasteiger partial charge >= 0.3 is 5.97 Å². The second-order valence-electron chi connectivity index (χ2n) is 7.29. The average molecular weight is 435 g/mol. The van der Waals surface area contributed by atoms with Crippen LogP contribution in [0.1, 0.15) is 41.9 Å². The number of ether oxygens (including phenoxy) is 1. The minimum absolute atomic E-state index is 0.0756. The van der Waals surface area contributed by atoms with Crippen molar-refractivity contribution in [2.45, 2.75) is 25.9 Å². The lowest BCUT2D eigenvalue weighted by Gasteiger charge is -2.17. The molecule has 158 valence electrons. The summed E-state index contributed by atoms with van der Waals surface area (Å²) < 4.78 is 6.72. The normalized spacial score (nSPS) is 12.1. The van der Waals surface area contributed by atoms with E-state index in [9.17, 15) is 9.59 Å². The number of carbonyl (C=O) groups is 2. The number of benzene rings is 1. The Morgan fingerprint density at radius 2 is 1.90 bits per heavy atom. The molecule has 0 aliphatic carbocycles. The Labute approximate surface area is 183 Å². The van der Waals surface area contributed by atoms with E-state index in [-0.39, 0.29) is 6.04 Å². The zero-order chi connectivity index (χ0) is 22.0. The van der Waals surface area contributed by atoms with Crippen molar-refractivity contribution >= 4 is 34.2 Å². The Morgan fingerprint density at radius 3 is 2.55 bits per heavy atom. The van der Waals surface area contributed by atoms with Crippen LogP contribution in [0, 0.1) is 0 Å². The number of carbonyl (C=O) groups excluding carboxylic acids is 2. The lowest BCUT2D eigenvalue weighted by molar-refractivity contribution is -0.143. The van der Waals surface area contributed by atoms with Crippen LogP contribution in [0.5, 0.6) is 0 Å². The van der Waals surface area contributed by atoms with Crippen molar-refractivity contribution in [3.8, 4) is 10.6 Å². The van der Waals surface area contributed by atoms with Gasteiger partial charge in [-0.3, -0.25) is 4.79 Å². The van der Waals surface area contributed by atoms with Crippen LogP contribution in [0.15, 0.2) is 60.1 Å². The molecule has 31 heavy (non-hydrogen) atoms. The van der Waals surface area contributed by atoms with Crippen LogP contribution in [-0.4, -0.2) is 33.8 Å². The average Bonchev–Trinajstić information content (AvgIpc) is 3.46. The molecule has 0 bridgehead atoms. The third-order valence-corrected chi connectivity index (χ3v) is 5.81. The van der Waals surface area contributed by atoms with Crippen LogP contribution in [-0.2, 0) is 9.53 Å². The molecule has 0 aliphatic heterocycles. The van der Waals surface area contributed by atoms with E-state index in [4.69, 9.17) is 9.72 Å². The van der Waals surface area contributed by atoms with E-state index >= 15 is 0 Å². The fourth-order valence-corrected chi connectivity index (χ4v) is 4.07. The number of nitrogens with zero attached hydrogens (tertiary/aromatic N) is 3. The SMILES string of the molecule is COC(=O)C(NC(=O)c1cc(-c2cccs2)nc2c1cnn2C(C)C)c1ccccc1. The highest BCUT2D eigenvalue weighted by molar-refractivity contribution is 7.13. The Balaban J connectivity index is 1.80. The van der Waals surface area contributed by atoms with E-state index in [2.05, 4.69) is 10.4 Å². The van der Waals surface area contributed by atoms with Gasteiger partial charge in [0, 0.05) is 6.04 Å².